The summed E-state index contributed by atoms with van der Waals surface area (Å²) in [4.78, 5) is 28.3. The molecule has 0 unspecified atom stereocenters. The molecule has 2 aliphatic rings. The van der Waals surface area contributed by atoms with Crippen LogP contribution in [0.5, 0.6) is 11.5 Å². The predicted octanol–water partition coefficient (Wildman–Crippen LogP) is 2.81. The van der Waals surface area contributed by atoms with E-state index in [2.05, 4.69) is 30.5 Å². The van der Waals surface area contributed by atoms with Crippen LogP contribution in [0.3, 0.4) is 0 Å². The zero-order valence-corrected chi connectivity index (χ0v) is 21.5. The molecule has 11 nitrogen and oxygen atoms in total. The van der Waals surface area contributed by atoms with Crippen molar-refractivity contribution in [3.8, 4) is 28.3 Å². The van der Waals surface area contributed by atoms with Gasteiger partial charge in [0.2, 0.25) is 5.95 Å². The van der Waals surface area contributed by atoms with Crippen LogP contribution >= 0.6 is 0 Å². The number of nitrogens with two attached hydrogens (primary N) is 1. The minimum Gasteiger partial charge on any atom is -0.450 e. The van der Waals surface area contributed by atoms with Crippen LogP contribution in [0.4, 0.5) is 17.5 Å². The molecule has 0 atom stereocenters. The van der Waals surface area contributed by atoms with Crippen LogP contribution in [-0.2, 0) is 11.3 Å². The maximum absolute atomic E-state index is 12.9. The van der Waals surface area contributed by atoms with Gasteiger partial charge in [-0.25, -0.2) is 14.8 Å². The second-order valence-electron chi connectivity index (χ2n) is 9.40. The maximum atomic E-state index is 12.9. The Hall–Kier alpha value is -4.32. The summed E-state index contributed by atoms with van der Waals surface area (Å²) >= 11 is 0. The van der Waals surface area contributed by atoms with Gasteiger partial charge in [-0.15, -0.1) is 0 Å². The van der Waals surface area contributed by atoms with Crippen LogP contribution in [0.25, 0.3) is 16.8 Å². The normalized spacial score (nSPS) is 14.2. The number of ether oxygens (including phenoxy) is 2. The van der Waals surface area contributed by atoms with E-state index in [0.29, 0.717) is 54.4 Å². The molecule has 0 amide bonds. The summed E-state index contributed by atoms with van der Waals surface area (Å²) in [5.41, 5.74) is 9.49. The molecule has 2 aliphatic heterocycles. The molecular formula is C28H30N8O3. The van der Waals surface area contributed by atoms with Gasteiger partial charge >= 0.3 is 5.69 Å². The number of nitrogens with zero attached hydrogens (tertiary/aromatic N) is 5. The highest BCUT2D eigenvalue weighted by molar-refractivity contribution is 5.78. The molecule has 6 rings (SSSR count). The zero-order valence-electron chi connectivity index (χ0n) is 21.5. The fourth-order valence-electron chi connectivity index (χ4n) is 4.56. The minimum atomic E-state index is -0.398. The van der Waals surface area contributed by atoms with E-state index < -0.39 is 5.69 Å². The summed E-state index contributed by atoms with van der Waals surface area (Å²) < 4.78 is 13.0. The highest BCUT2D eigenvalue weighted by Gasteiger charge is 2.21. The van der Waals surface area contributed by atoms with Crippen molar-refractivity contribution in [2.75, 3.05) is 49.6 Å². The first-order valence-electron chi connectivity index (χ1n) is 13.1. The molecule has 4 N–H and O–H groups in total. The third-order valence-corrected chi connectivity index (χ3v) is 6.71. The van der Waals surface area contributed by atoms with E-state index in [1.807, 2.05) is 54.9 Å². The number of benzene rings is 2. The Kier molecular flexibility index (Phi) is 7.17. The molecule has 4 aromatic rings. The smallest absolute Gasteiger partial charge is 0.354 e. The van der Waals surface area contributed by atoms with Gasteiger partial charge in [-0.1, -0.05) is 18.2 Å². The molecule has 0 bridgehead atoms. The highest BCUT2D eigenvalue weighted by Crippen LogP contribution is 2.42. The molecule has 1 saturated heterocycles. The van der Waals surface area contributed by atoms with Crippen LogP contribution < -0.4 is 31.7 Å². The first kappa shape index (κ1) is 25.0. The molecule has 11 heteroatoms. The summed E-state index contributed by atoms with van der Waals surface area (Å²) in [5.74, 6) is 2.19. The lowest BCUT2D eigenvalue weighted by Crippen LogP contribution is -2.37. The molecule has 2 aromatic heterocycles. The Labute approximate surface area is 225 Å². The van der Waals surface area contributed by atoms with Crippen LogP contribution in [0.2, 0.25) is 0 Å². The van der Waals surface area contributed by atoms with Crippen molar-refractivity contribution >= 4 is 17.5 Å². The van der Waals surface area contributed by atoms with Gasteiger partial charge in [0.15, 0.2) is 17.3 Å². The van der Waals surface area contributed by atoms with Gasteiger partial charge in [-0.3, -0.25) is 4.57 Å². The molecule has 39 heavy (non-hydrogen) atoms. The Bertz CT molecular complexity index is 1500. The number of hydrogen-bond donors (Lipinski definition) is 3. The van der Waals surface area contributed by atoms with Crippen LogP contribution in [0.15, 0.2) is 65.8 Å². The summed E-state index contributed by atoms with van der Waals surface area (Å²) in [5, 5.41) is 6.60. The minimum absolute atomic E-state index is 0.375. The molecule has 2 aromatic carbocycles. The Morgan fingerprint density at radius 1 is 1.00 bits per heavy atom. The number of rotatable bonds is 8. The van der Waals surface area contributed by atoms with Gasteiger partial charge in [0, 0.05) is 37.6 Å². The van der Waals surface area contributed by atoms with E-state index in [4.69, 9.17) is 15.2 Å². The number of fused-ring (bicyclic) bond motifs is 2. The first-order valence-corrected chi connectivity index (χ1v) is 13.1. The second kappa shape index (κ2) is 11.2. The summed E-state index contributed by atoms with van der Waals surface area (Å²) in [6, 6.07) is 13.6. The van der Waals surface area contributed by atoms with E-state index >= 15 is 0 Å². The molecule has 1 fully saturated rings. The number of nitrogens with one attached hydrogen (secondary N) is 2. The molecule has 0 spiro atoms. The van der Waals surface area contributed by atoms with Crippen LogP contribution in [0.1, 0.15) is 12.0 Å². The first-order chi connectivity index (χ1) is 19.2. The van der Waals surface area contributed by atoms with Crippen LogP contribution in [0, 0.1) is 0 Å². The molecule has 4 heterocycles. The number of aromatic nitrogens is 4. The SMILES string of the molecule is NCCCNCc1ccc(-n2cc3c(nc2=O)Nc2cc(-c4cnc(N5CCOCC5)nc4)ccc2O3)cc1. The number of anilines is 3. The van der Waals surface area contributed by atoms with Crippen molar-refractivity contribution in [1.29, 1.82) is 0 Å². The highest BCUT2D eigenvalue weighted by atomic mass is 16.5. The monoisotopic (exact) mass is 526 g/mol. The predicted molar refractivity (Wildman–Crippen MR) is 149 cm³/mol. The summed E-state index contributed by atoms with van der Waals surface area (Å²) in [7, 11) is 0. The third-order valence-electron chi connectivity index (χ3n) is 6.71. The van der Waals surface area contributed by atoms with Gasteiger partial charge in [0.25, 0.3) is 0 Å². The quantitative estimate of drug-likeness (QED) is 0.259. The number of hydrogen-bond acceptors (Lipinski definition) is 10. The van der Waals surface area contributed by atoms with Gasteiger partial charge in [0.05, 0.1) is 30.8 Å². The van der Waals surface area contributed by atoms with Crippen molar-refractivity contribution in [2.24, 2.45) is 5.73 Å². The standard InChI is InChI=1S/C28H30N8O3/c29-8-1-9-30-15-19-2-5-22(6-3-19)36-18-25-26(34-28(36)37)33-23-14-20(4-7-24(23)39-25)21-16-31-27(32-17-21)35-10-12-38-13-11-35/h2-7,14,16-18,30H,1,8-13,15,29H2,(H,33,34,37). The Morgan fingerprint density at radius 3 is 2.56 bits per heavy atom. The molecule has 200 valence electrons. The van der Waals surface area contributed by atoms with E-state index in [-0.39, 0.29) is 0 Å². The van der Waals surface area contributed by atoms with Crippen molar-refractivity contribution in [2.45, 2.75) is 13.0 Å². The lowest BCUT2D eigenvalue weighted by molar-refractivity contribution is 0.122. The molecule has 0 radical (unpaired) electrons. The van der Waals surface area contributed by atoms with Crippen molar-refractivity contribution in [3.05, 3.63) is 77.1 Å². The van der Waals surface area contributed by atoms with Gasteiger partial charge in [-0.2, -0.15) is 4.98 Å². The fraction of sp³-hybridized carbons (Fsp3) is 0.286. The van der Waals surface area contributed by atoms with Gasteiger partial charge in [0.1, 0.15) is 0 Å². The topological polar surface area (TPSA) is 132 Å². The van der Waals surface area contributed by atoms with E-state index in [0.717, 1.165) is 49.3 Å². The second-order valence-corrected chi connectivity index (χ2v) is 9.40. The zero-order chi connectivity index (χ0) is 26.6. The molecule has 0 saturated carbocycles. The van der Waals surface area contributed by atoms with Gasteiger partial charge in [-0.05, 0) is 54.9 Å². The van der Waals surface area contributed by atoms with Crippen LogP contribution in [-0.4, -0.2) is 58.9 Å². The maximum Gasteiger partial charge on any atom is 0.354 e. The lowest BCUT2D eigenvalue weighted by Gasteiger charge is -2.26. The fourth-order valence-corrected chi connectivity index (χ4v) is 4.56. The number of morpholine rings is 1. The Morgan fingerprint density at radius 2 is 1.79 bits per heavy atom. The van der Waals surface area contributed by atoms with Gasteiger partial charge < -0.3 is 30.7 Å². The molecular weight excluding hydrogens is 496 g/mol. The van der Waals surface area contributed by atoms with Crippen molar-refractivity contribution in [3.63, 3.8) is 0 Å². The largest absolute Gasteiger partial charge is 0.450 e. The van der Waals surface area contributed by atoms with E-state index in [9.17, 15) is 4.79 Å². The summed E-state index contributed by atoms with van der Waals surface area (Å²) in [6.45, 7) is 5.21. The third kappa shape index (κ3) is 5.46. The molecule has 0 aliphatic carbocycles. The van der Waals surface area contributed by atoms with Crippen molar-refractivity contribution in [1.82, 2.24) is 24.8 Å². The lowest BCUT2D eigenvalue weighted by atomic mass is 10.1. The average molecular weight is 527 g/mol. The van der Waals surface area contributed by atoms with E-state index in [1.165, 1.54) is 4.57 Å². The van der Waals surface area contributed by atoms with E-state index in [1.54, 1.807) is 6.20 Å². The Balaban J connectivity index is 1.18. The average Bonchev–Trinajstić information content (AvgIpc) is 2.99. The van der Waals surface area contributed by atoms with Crippen molar-refractivity contribution < 1.29 is 9.47 Å². The summed E-state index contributed by atoms with van der Waals surface area (Å²) in [6.07, 6.45) is 6.23.